The third kappa shape index (κ3) is 3.46. The number of hydrogen-bond acceptors (Lipinski definition) is 5. The van der Waals surface area contributed by atoms with Gasteiger partial charge in [0.2, 0.25) is 5.82 Å². The van der Waals surface area contributed by atoms with Gasteiger partial charge >= 0.3 is 5.69 Å². The molecule has 6 nitrogen and oxygen atoms in total. The van der Waals surface area contributed by atoms with Crippen LogP contribution in [0.4, 0.5) is 10.1 Å². The molecule has 8 heteroatoms. The van der Waals surface area contributed by atoms with Crippen LogP contribution in [0.1, 0.15) is 5.56 Å². The fraction of sp³-hybridized carbons (Fsp3) is 0.333. The molecule has 1 aromatic rings. The SMILES string of the molecule is NCCS(=O)(=O)Cc1cccc([N+](=O)[O-])c1F. The highest BCUT2D eigenvalue weighted by molar-refractivity contribution is 7.90. The number of sulfone groups is 1. The molecule has 94 valence electrons. The third-order valence-corrected chi connectivity index (χ3v) is 3.67. The molecule has 0 aliphatic rings. The lowest BCUT2D eigenvalue weighted by Crippen LogP contribution is -2.18. The fourth-order valence-electron chi connectivity index (χ4n) is 1.31. The first kappa shape index (κ1) is 13.5. The number of hydrogen-bond donors (Lipinski definition) is 1. The predicted octanol–water partition coefficient (Wildman–Crippen LogP) is 0.607. The van der Waals surface area contributed by atoms with Gasteiger partial charge in [0.1, 0.15) is 0 Å². The van der Waals surface area contributed by atoms with Crippen molar-refractivity contribution in [3.05, 3.63) is 39.7 Å². The van der Waals surface area contributed by atoms with Gasteiger partial charge in [-0.3, -0.25) is 10.1 Å². The first-order chi connectivity index (χ1) is 7.87. The standard InChI is InChI=1S/C9H11FN2O4S/c10-9-7(6-17(15,16)5-4-11)2-1-3-8(9)12(13)14/h1-3H,4-6,11H2. The molecule has 2 N–H and O–H groups in total. The van der Waals surface area contributed by atoms with Crippen molar-refractivity contribution in [1.29, 1.82) is 0 Å². The Morgan fingerprint density at radius 3 is 2.59 bits per heavy atom. The zero-order valence-corrected chi connectivity index (χ0v) is 9.61. The second kappa shape index (κ2) is 5.19. The monoisotopic (exact) mass is 262 g/mol. The van der Waals surface area contributed by atoms with E-state index in [4.69, 9.17) is 5.73 Å². The van der Waals surface area contributed by atoms with Gasteiger partial charge in [-0.25, -0.2) is 8.42 Å². The largest absolute Gasteiger partial charge is 0.329 e. The van der Waals surface area contributed by atoms with Crippen molar-refractivity contribution in [3.8, 4) is 0 Å². The van der Waals surface area contributed by atoms with Crippen LogP contribution in [0.15, 0.2) is 18.2 Å². The minimum Gasteiger partial charge on any atom is -0.329 e. The van der Waals surface area contributed by atoms with Crippen molar-refractivity contribution in [3.63, 3.8) is 0 Å². The minimum atomic E-state index is -3.54. The highest BCUT2D eigenvalue weighted by Crippen LogP contribution is 2.21. The maximum atomic E-state index is 13.6. The van der Waals surface area contributed by atoms with Crippen LogP contribution in [0.2, 0.25) is 0 Å². The molecule has 0 aromatic heterocycles. The number of nitro groups is 1. The Hall–Kier alpha value is -1.54. The van der Waals surface area contributed by atoms with E-state index in [0.717, 1.165) is 6.07 Å². The van der Waals surface area contributed by atoms with E-state index in [1.165, 1.54) is 12.1 Å². The Bertz CT molecular complexity index is 530. The molecule has 1 rings (SSSR count). The summed E-state index contributed by atoms with van der Waals surface area (Å²) in [6.07, 6.45) is 0. The molecular weight excluding hydrogens is 251 g/mol. The highest BCUT2D eigenvalue weighted by Gasteiger charge is 2.21. The van der Waals surface area contributed by atoms with Crippen LogP contribution in [0, 0.1) is 15.9 Å². The predicted molar refractivity (Wildman–Crippen MR) is 59.6 cm³/mol. The average molecular weight is 262 g/mol. The van der Waals surface area contributed by atoms with Crippen LogP contribution < -0.4 is 5.73 Å². The second-order valence-electron chi connectivity index (χ2n) is 3.39. The van der Waals surface area contributed by atoms with Crippen molar-refractivity contribution < 1.29 is 17.7 Å². The summed E-state index contributed by atoms with van der Waals surface area (Å²) < 4.78 is 36.4. The molecule has 0 radical (unpaired) electrons. The number of nitrogens with zero attached hydrogens (tertiary/aromatic N) is 1. The summed E-state index contributed by atoms with van der Waals surface area (Å²) in [5.74, 6) is -1.98. The van der Waals surface area contributed by atoms with E-state index < -0.39 is 32.0 Å². The second-order valence-corrected chi connectivity index (χ2v) is 5.57. The number of nitro benzene ring substituents is 1. The Morgan fingerprint density at radius 1 is 1.41 bits per heavy atom. The van der Waals surface area contributed by atoms with Gasteiger partial charge in [-0.1, -0.05) is 12.1 Å². The first-order valence-electron chi connectivity index (χ1n) is 4.69. The number of halogens is 1. The van der Waals surface area contributed by atoms with E-state index >= 15 is 0 Å². The van der Waals surface area contributed by atoms with Crippen LogP contribution in [0.5, 0.6) is 0 Å². The summed E-state index contributed by atoms with van der Waals surface area (Å²) in [5.41, 5.74) is 4.16. The molecule has 0 unspecified atom stereocenters. The molecule has 0 bridgehead atoms. The molecule has 0 fully saturated rings. The lowest BCUT2D eigenvalue weighted by molar-refractivity contribution is -0.387. The van der Waals surface area contributed by atoms with E-state index in [9.17, 15) is 22.9 Å². The third-order valence-electron chi connectivity index (χ3n) is 2.06. The molecule has 0 amide bonds. The molecular formula is C9H11FN2O4S. The molecule has 17 heavy (non-hydrogen) atoms. The lowest BCUT2D eigenvalue weighted by atomic mass is 10.2. The Morgan fingerprint density at radius 2 is 2.06 bits per heavy atom. The van der Waals surface area contributed by atoms with Crippen LogP contribution in [0.3, 0.4) is 0 Å². The van der Waals surface area contributed by atoms with Crippen LogP contribution in [-0.4, -0.2) is 25.6 Å². The zero-order chi connectivity index (χ0) is 13.1. The summed E-state index contributed by atoms with van der Waals surface area (Å²) in [4.78, 5) is 9.57. The summed E-state index contributed by atoms with van der Waals surface area (Å²) in [5, 5.41) is 10.5. The minimum absolute atomic E-state index is 0.0706. The van der Waals surface area contributed by atoms with Crippen molar-refractivity contribution in [1.82, 2.24) is 0 Å². The Labute approximate surface area is 97.3 Å². The van der Waals surface area contributed by atoms with Gasteiger partial charge in [0.25, 0.3) is 0 Å². The van der Waals surface area contributed by atoms with Gasteiger partial charge in [0, 0.05) is 18.2 Å². The van der Waals surface area contributed by atoms with Gasteiger partial charge in [-0.05, 0) is 0 Å². The number of benzene rings is 1. The van der Waals surface area contributed by atoms with Crippen LogP contribution in [-0.2, 0) is 15.6 Å². The molecule has 0 saturated heterocycles. The van der Waals surface area contributed by atoms with Gasteiger partial charge in [0.05, 0.1) is 16.4 Å². The molecule has 1 aromatic carbocycles. The number of rotatable bonds is 5. The van der Waals surface area contributed by atoms with E-state index in [2.05, 4.69) is 0 Å². The number of nitrogens with two attached hydrogens (primary N) is 1. The van der Waals surface area contributed by atoms with Crippen molar-refractivity contribution in [2.75, 3.05) is 12.3 Å². The summed E-state index contributed by atoms with van der Waals surface area (Å²) in [7, 11) is -3.54. The Balaban J connectivity index is 3.09. The quantitative estimate of drug-likeness (QED) is 0.618. The zero-order valence-electron chi connectivity index (χ0n) is 8.80. The Kier molecular flexibility index (Phi) is 4.13. The average Bonchev–Trinajstić information content (AvgIpc) is 2.20. The van der Waals surface area contributed by atoms with Gasteiger partial charge in [0.15, 0.2) is 9.84 Å². The highest BCUT2D eigenvalue weighted by atomic mass is 32.2. The summed E-state index contributed by atoms with van der Waals surface area (Å²) in [6.45, 7) is -0.0706. The smallest absolute Gasteiger partial charge is 0.305 e. The van der Waals surface area contributed by atoms with E-state index in [1.807, 2.05) is 0 Å². The maximum absolute atomic E-state index is 13.6. The molecule has 0 saturated carbocycles. The van der Waals surface area contributed by atoms with Crippen molar-refractivity contribution in [2.24, 2.45) is 5.73 Å². The van der Waals surface area contributed by atoms with Crippen molar-refractivity contribution in [2.45, 2.75) is 5.75 Å². The molecule has 0 atom stereocenters. The normalized spacial score (nSPS) is 11.4. The summed E-state index contributed by atoms with van der Waals surface area (Å²) in [6, 6.07) is 3.43. The molecule has 0 heterocycles. The van der Waals surface area contributed by atoms with Gasteiger partial charge < -0.3 is 5.73 Å². The van der Waals surface area contributed by atoms with E-state index in [0.29, 0.717) is 0 Å². The summed E-state index contributed by atoms with van der Waals surface area (Å²) >= 11 is 0. The topological polar surface area (TPSA) is 103 Å². The van der Waals surface area contributed by atoms with Crippen LogP contribution >= 0.6 is 0 Å². The maximum Gasteiger partial charge on any atom is 0.305 e. The lowest BCUT2D eigenvalue weighted by Gasteiger charge is -2.04. The van der Waals surface area contributed by atoms with Crippen molar-refractivity contribution >= 4 is 15.5 Å². The molecule has 0 spiro atoms. The molecule has 0 aliphatic carbocycles. The van der Waals surface area contributed by atoms with Gasteiger partial charge in [-0.2, -0.15) is 4.39 Å². The van der Waals surface area contributed by atoms with E-state index in [-0.39, 0.29) is 17.9 Å². The van der Waals surface area contributed by atoms with Gasteiger partial charge in [-0.15, -0.1) is 0 Å². The first-order valence-corrected chi connectivity index (χ1v) is 6.52. The van der Waals surface area contributed by atoms with Crippen LogP contribution in [0.25, 0.3) is 0 Å². The molecule has 0 aliphatic heterocycles. The van der Waals surface area contributed by atoms with E-state index in [1.54, 1.807) is 0 Å². The fourth-order valence-corrected chi connectivity index (χ4v) is 2.51.